The Morgan fingerprint density at radius 3 is 2.56 bits per heavy atom. The maximum Gasteiger partial charge on any atom is 0.410 e. The highest BCUT2D eigenvalue weighted by atomic mass is 79.9. The van der Waals surface area contributed by atoms with Crippen molar-refractivity contribution >= 4 is 27.7 Å². The highest BCUT2D eigenvalue weighted by molar-refractivity contribution is 9.10. The number of piperazine rings is 1. The lowest BCUT2D eigenvalue weighted by Gasteiger charge is -2.43. The number of rotatable bonds is 3. The molecule has 1 fully saturated rings. The molecule has 1 aliphatic heterocycles. The molecule has 0 radical (unpaired) electrons. The second kappa shape index (κ2) is 7.98. The van der Waals surface area contributed by atoms with Crippen molar-refractivity contribution in [2.24, 2.45) is 5.92 Å². The van der Waals surface area contributed by atoms with Gasteiger partial charge >= 0.3 is 6.09 Å². The van der Waals surface area contributed by atoms with E-state index in [9.17, 15) is 4.79 Å². The third-order valence-electron chi connectivity index (χ3n) is 4.36. The summed E-state index contributed by atoms with van der Waals surface area (Å²) in [5.74, 6) is 0.529. The highest BCUT2D eigenvalue weighted by Gasteiger charge is 2.33. The number of halogens is 1. The molecule has 0 saturated carbocycles. The maximum absolute atomic E-state index is 12.6. The molecule has 1 amide bonds. The Hall–Kier alpha value is -1.23. The Labute approximate surface area is 160 Å². The first-order valence-electron chi connectivity index (χ1n) is 9.07. The summed E-state index contributed by atoms with van der Waals surface area (Å²) in [6, 6.07) is 6.63. The third kappa shape index (κ3) is 5.63. The standard InChI is InChI=1S/C20H31BrN2O2/c1-14(2)11-17-13-22(16-7-8-18(21)15(3)12-16)9-10-23(17)19(24)25-20(4,5)6/h7-8,12,14,17H,9-11,13H2,1-6H3. The molecular weight excluding hydrogens is 380 g/mol. The van der Waals surface area contributed by atoms with Crippen molar-refractivity contribution in [1.29, 1.82) is 0 Å². The van der Waals surface area contributed by atoms with Gasteiger partial charge in [-0.05, 0) is 63.8 Å². The molecular formula is C20H31BrN2O2. The van der Waals surface area contributed by atoms with Crippen LogP contribution in [0.4, 0.5) is 10.5 Å². The van der Waals surface area contributed by atoms with Gasteiger partial charge in [-0.2, -0.15) is 0 Å². The third-order valence-corrected chi connectivity index (χ3v) is 5.25. The van der Waals surface area contributed by atoms with Crippen molar-refractivity contribution in [2.45, 2.75) is 59.6 Å². The fourth-order valence-electron chi connectivity index (χ4n) is 3.22. The van der Waals surface area contributed by atoms with E-state index in [1.54, 1.807) is 0 Å². The van der Waals surface area contributed by atoms with Crippen LogP contribution in [0.2, 0.25) is 0 Å². The number of benzene rings is 1. The fourth-order valence-corrected chi connectivity index (χ4v) is 3.47. The van der Waals surface area contributed by atoms with Gasteiger partial charge in [-0.15, -0.1) is 0 Å². The predicted molar refractivity (Wildman–Crippen MR) is 107 cm³/mol. The molecule has 1 aromatic rings. The average molecular weight is 411 g/mol. The van der Waals surface area contributed by atoms with Crippen LogP contribution in [0.3, 0.4) is 0 Å². The van der Waals surface area contributed by atoms with E-state index in [1.165, 1.54) is 11.3 Å². The van der Waals surface area contributed by atoms with Gasteiger partial charge in [0.15, 0.2) is 0 Å². The number of anilines is 1. The molecule has 0 bridgehead atoms. The van der Waals surface area contributed by atoms with E-state index in [2.05, 4.69) is 59.8 Å². The van der Waals surface area contributed by atoms with Crippen molar-refractivity contribution in [2.75, 3.05) is 24.5 Å². The molecule has 4 nitrogen and oxygen atoms in total. The highest BCUT2D eigenvalue weighted by Crippen LogP contribution is 2.27. The lowest BCUT2D eigenvalue weighted by molar-refractivity contribution is 0.0120. The molecule has 1 atom stereocenters. The number of ether oxygens (including phenoxy) is 1. The first-order valence-corrected chi connectivity index (χ1v) is 9.87. The minimum Gasteiger partial charge on any atom is -0.444 e. The molecule has 1 unspecified atom stereocenters. The minimum atomic E-state index is -0.459. The number of aryl methyl sites for hydroxylation is 1. The fraction of sp³-hybridized carbons (Fsp3) is 0.650. The lowest BCUT2D eigenvalue weighted by atomic mass is 9.99. The maximum atomic E-state index is 12.6. The molecule has 5 heteroatoms. The largest absolute Gasteiger partial charge is 0.444 e. The van der Waals surface area contributed by atoms with Crippen LogP contribution < -0.4 is 4.90 Å². The summed E-state index contributed by atoms with van der Waals surface area (Å²) in [5.41, 5.74) is 1.99. The van der Waals surface area contributed by atoms with E-state index in [-0.39, 0.29) is 12.1 Å². The molecule has 25 heavy (non-hydrogen) atoms. The SMILES string of the molecule is Cc1cc(N2CCN(C(=O)OC(C)(C)C)C(CC(C)C)C2)ccc1Br. The normalized spacial score (nSPS) is 18.6. The summed E-state index contributed by atoms with van der Waals surface area (Å²) in [5, 5.41) is 0. The van der Waals surface area contributed by atoms with E-state index in [1.807, 2.05) is 25.7 Å². The molecule has 0 spiro atoms. The molecule has 1 saturated heterocycles. The van der Waals surface area contributed by atoms with Gasteiger partial charge in [-0.1, -0.05) is 29.8 Å². The van der Waals surface area contributed by atoms with Crippen molar-refractivity contribution in [1.82, 2.24) is 4.90 Å². The first kappa shape index (κ1) is 20.1. The molecule has 0 aromatic heterocycles. The van der Waals surface area contributed by atoms with Crippen LogP contribution in [0.5, 0.6) is 0 Å². The van der Waals surface area contributed by atoms with Crippen LogP contribution in [-0.4, -0.2) is 42.3 Å². The zero-order valence-corrected chi connectivity index (χ0v) is 17.9. The summed E-state index contributed by atoms with van der Waals surface area (Å²) >= 11 is 3.57. The van der Waals surface area contributed by atoms with Crippen molar-refractivity contribution < 1.29 is 9.53 Å². The molecule has 1 aliphatic rings. The number of hydrogen-bond acceptors (Lipinski definition) is 3. The Morgan fingerprint density at radius 2 is 2.00 bits per heavy atom. The zero-order chi connectivity index (χ0) is 18.8. The monoisotopic (exact) mass is 410 g/mol. The van der Waals surface area contributed by atoms with E-state index in [0.29, 0.717) is 12.5 Å². The van der Waals surface area contributed by atoms with Gasteiger partial charge in [-0.25, -0.2) is 4.79 Å². The van der Waals surface area contributed by atoms with Gasteiger partial charge in [0.25, 0.3) is 0 Å². The second-order valence-corrected chi connectivity index (χ2v) is 9.19. The Kier molecular flexibility index (Phi) is 6.41. The van der Waals surface area contributed by atoms with Crippen molar-refractivity contribution in [3.8, 4) is 0 Å². The molecule has 0 aliphatic carbocycles. The smallest absolute Gasteiger partial charge is 0.410 e. The predicted octanol–water partition coefficient (Wildman–Crippen LogP) is 5.23. The number of carbonyl (C=O) groups excluding carboxylic acids is 1. The number of carbonyl (C=O) groups is 1. The van der Waals surface area contributed by atoms with Crippen LogP contribution in [0.25, 0.3) is 0 Å². The first-order chi connectivity index (χ1) is 11.6. The van der Waals surface area contributed by atoms with Crippen molar-refractivity contribution in [3.05, 3.63) is 28.2 Å². The van der Waals surface area contributed by atoms with Crippen molar-refractivity contribution in [3.63, 3.8) is 0 Å². The second-order valence-electron chi connectivity index (χ2n) is 8.34. The van der Waals surface area contributed by atoms with E-state index >= 15 is 0 Å². The van der Waals surface area contributed by atoms with Gasteiger partial charge in [-0.3, -0.25) is 0 Å². The van der Waals surface area contributed by atoms with Crippen LogP contribution in [0, 0.1) is 12.8 Å². The number of hydrogen-bond donors (Lipinski definition) is 0. The number of nitrogens with zero attached hydrogens (tertiary/aromatic N) is 2. The average Bonchev–Trinajstić information content (AvgIpc) is 2.47. The minimum absolute atomic E-state index is 0.174. The van der Waals surface area contributed by atoms with Gasteiger partial charge in [0.1, 0.15) is 5.60 Å². The molecule has 2 rings (SSSR count). The van der Waals surface area contributed by atoms with Gasteiger partial charge in [0.2, 0.25) is 0 Å². The summed E-state index contributed by atoms with van der Waals surface area (Å²) < 4.78 is 6.75. The summed E-state index contributed by atoms with van der Waals surface area (Å²) in [6.45, 7) is 14.6. The van der Waals surface area contributed by atoms with Crippen LogP contribution in [0.1, 0.15) is 46.6 Å². The summed E-state index contributed by atoms with van der Waals surface area (Å²) in [4.78, 5) is 16.9. The van der Waals surface area contributed by atoms with Gasteiger partial charge in [0, 0.05) is 29.8 Å². The quantitative estimate of drug-likeness (QED) is 0.683. The Morgan fingerprint density at radius 1 is 1.32 bits per heavy atom. The van der Waals surface area contributed by atoms with Gasteiger partial charge in [0.05, 0.1) is 6.04 Å². The summed E-state index contributed by atoms with van der Waals surface area (Å²) in [6.07, 6.45) is 0.787. The molecule has 140 valence electrons. The van der Waals surface area contributed by atoms with E-state index < -0.39 is 5.60 Å². The molecule has 0 N–H and O–H groups in total. The lowest BCUT2D eigenvalue weighted by Crippen LogP contribution is -2.56. The molecule has 1 heterocycles. The van der Waals surface area contributed by atoms with Crippen LogP contribution >= 0.6 is 15.9 Å². The number of amides is 1. The molecule has 1 aromatic carbocycles. The Balaban J connectivity index is 2.16. The summed E-state index contributed by atoms with van der Waals surface area (Å²) in [7, 11) is 0. The van der Waals surface area contributed by atoms with Crippen LogP contribution in [-0.2, 0) is 4.74 Å². The van der Waals surface area contributed by atoms with E-state index in [0.717, 1.165) is 24.0 Å². The Bertz CT molecular complexity index is 610. The topological polar surface area (TPSA) is 32.8 Å². The van der Waals surface area contributed by atoms with Crippen LogP contribution in [0.15, 0.2) is 22.7 Å². The van der Waals surface area contributed by atoms with Gasteiger partial charge < -0.3 is 14.5 Å². The zero-order valence-electron chi connectivity index (χ0n) is 16.3. The van der Waals surface area contributed by atoms with E-state index in [4.69, 9.17) is 4.74 Å².